The zero-order valence-corrected chi connectivity index (χ0v) is 15.3. The number of amides is 2. The van der Waals surface area contributed by atoms with Gasteiger partial charge in [-0.25, -0.2) is 0 Å². The smallest absolute Gasteiger partial charge is 0.244 e. The van der Waals surface area contributed by atoms with Gasteiger partial charge in [0.1, 0.15) is 19.8 Å². The Morgan fingerprint density at radius 2 is 1.85 bits per heavy atom. The van der Waals surface area contributed by atoms with Gasteiger partial charge in [0.2, 0.25) is 11.8 Å². The maximum atomic E-state index is 12.5. The maximum Gasteiger partial charge on any atom is 0.244 e. The molecule has 0 fully saturated rings. The van der Waals surface area contributed by atoms with Crippen LogP contribution >= 0.6 is 11.6 Å². The maximum absolute atomic E-state index is 12.5. The Balaban J connectivity index is 1.74. The van der Waals surface area contributed by atoms with Crippen molar-refractivity contribution in [3.05, 3.63) is 47.0 Å². The van der Waals surface area contributed by atoms with Gasteiger partial charge in [-0.05, 0) is 36.8 Å². The summed E-state index contributed by atoms with van der Waals surface area (Å²) in [5.74, 6) is 0.668. The van der Waals surface area contributed by atoms with E-state index in [0.717, 1.165) is 5.56 Å². The van der Waals surface area contributed by atoms with Gasteiger partial charge in [0.15, 0.2) is 11.5 Å². The summed E-state index contributed by atoms with van der Waals surface area (Å²) >= 11 is 6.04. The molecule has 0 aromatic heterocycles. The van der Waals surface area contributed by atoms with Crippen molar-refractivity contribution in [2.24, 2.45) is 0 Å². The third kappa shape index (κ3) is 4.08. The molecule has 7 heteroatoms. The molecule has 6 nitrogen and oxygen atoms in total. The number of benzene rings is 2. The molecule has 0 unspecified atom stereocenters. The highest BCUT2D eigenvalue weighted by Crippen LogP contribution is 2.32. The molecule has 0 aliphatic carbocycles. The molecule has 2 amide bonds. The molecule has 1 heterocycles. The lowest BCUT2D eigenvalue weighted by molar-refractivity contribution is -0.120. The van der Waals surface area contributed by atoms with Gasteiger partial charge in [0, 0.05) is 29.4 Å². The molecule has 0 radical (unpaired) electrons. The zero-order chi connectivity index (χ0) is 18.7. The predicted molar refractivity (Wildman–Crippen MR) is 100 cm³/mol. The van der Waals surface area contributed by atoms with Crippen molar-refractivity contribution in [1.29, 1.82) is 0 Å². The number of aryl methyl sites for hydroxylation is 1. The Morgan fingerprint density at radius 1 is 1.12 bits per heavy atom. The molecule has 2 aromatic carbocycles. The topological polar surface area (TPSA) is 67.9 Å². The van der Waals surface area contributed by atoms with Gasteiger partial charge in [-0.2, -0.15) is 0 Å². The van der Waals surface area contributed by atoms with Crippen molar-refractivity contribution < 1.29 is 19.1 Å². The lowest BCUT2D eigenvalue weighted by Gasteiger charge is -2.23. The first kappa shape index (κ1) is 18.1. The summed E-state index contributed by atoms with van der Waals surface area (Å²) in [5.41, 5.74) is 2.05. The number of rotatable bonds is 4. The number of ether oxygens (including phenoxy) is 2. The van der Waals surface area contributed by atoms with Crippen LogP contribution in [0.2, 0.25) is 5.02 Å². The molecule has 0 spiro atoms. The Morgan fingerprint density at radius 3 is 2.58 bits per heavy atom. The number of hydrogen-bond donors (Lipinski definition) is 1. The van der Waals surface area contributed by atoms with E-state index < -0.39 is 0 Å². The fourth-order valence-corrected chi connectivity index (χ4v) is 2.87. The van der Waals surface area contributed by atoms with E-state index in [0.29, 0.717) is 41.1 Å². The monoisotopic (exact) mass is 374 g/mol. The minimum atomic E-state index is -0.323. The fourth-order valence-electron chi connectivity index (χ4n) is 2.70. The lowest BCUT2D eigenvalue weighted by atomic mass is 10.1. The number of hydrogen-bond acceptors (Lipinski definition) is 4. The predicted octanol–water partition coefficient (Wildman–Crippen LogP) is 3.41. The quantitative estimate of drug-likeness (QED) is 0.890. The van der Waals surface area contributed by atoms with Crippen molar-refractivity contribution in [2.45, 2.75) is 13.8 Å². The molecule has 1 N–H and O–H groups in total. The number of anilines is 2. The zero-order valence-electron chi connectivity index (χ0n) is 14.5. The molecule has 0 saturated heterocycles. The molecular weight excluding hydrogens is 356 g/mol. The molecule has 1 aliphatic rings. The summed E-state index contributed by atoms with van der Waals surface area (Å²) in [6.07, 6.45) is 0. The summed E-state index contributed by atoms with van der Waals surface area (Å²) in [4.78, 5) is 25.9. The average molecular weight is 375 g/mol. The number of nitrogens with one attached hydrogen (secondary N) is 1. The fraction of sp³-hybridized carbons (Fsp3) is 0.263. The van der Waals surface area contributed by atoms with Gasteiger partial charge < -0.3 is 19.7 Å². The highest BCUT2D eigenvalue weighted by Gasteiger charge is 2.19. The number of carbonyl (C=O) groups is 2. The molecular formula is C19H19ClN2O4. The Labute approximate surface area is 156 Å². The van der Waals surface area contributed by atoms with Gasteiger partial charge in [-0.3, -0.25) is 9.59 Å². The molecule has 26 heavy (non-hydrogen) atoms. The van der Waals surface area contributed by atoms with Crippen LogP contribution < -0.4 is 19.7 Å². The minimum Gasteiger partial charge on any atom is -0.486 e. The van der Waals surface area contributed by atoms with Crippen LogP contribution in [-0.4, -0.2) is 31.6 Å². The highest BCUT2D eigenvalue weighted by atomic mass is 35.5. The summed E-state index contributed by atoms with van der Waals surface area (Å²) in [6, 6.07) is 10.4. The van der Waals surface area contributed by atoms with Crippen LogP contribution in [0.15, 0.2) is 36.4 Å². The van der Waals surface area contributed by atoms with Gasteiger partial charge >= 0.3 is 0 Å². The molecule has 1 aliphatic heterocycles. The third-order valence-electron chi connectivity index (χ3n) is 3.97. The summed E-state index contributed by atoms with van der Waals surface area (Å²) in [5, 5.41) is 3.28. The SMILES string of the molecule is CC(=O)N(CC(=O)Nc1ccc2c(c1)OCCO2)c1cc(Cl)ccc1C. The van der Waals surface area contributed by atoms with Crippen LogP contribution in [0.4, 0.5) is 11.4 Å². The number of nitrogens with zero attached hydrogens (tertiary/aromatic N) is 1. The van der Waals surface area contributed by atoms with E-state index in [-0.39, 0.29) is 18.4 Å². The standard InChI is InChI=1S/C19H19ClN2O4/c1-12-3-4-14(20)9-16(12)22(13(2)23)11-19(24)21-15-5-6-17-18(10-15)26-8-7-25-17/h3-6,9-10H,7-8,11H2,1-2H3,(H,21,24). The van der Waals surface area contributed by atoms with E-state index in [1.807, 2.05) is 13.0 Å². The molecule has 2 aromatic rings. The minimum absolute atomic E-state index is 0.120. The lowest BCUT2D eigenvalue weighted by Crippen LogP contribution is -2.37. The van der Waals surface area contributed by atoms with E-state index >= 15 is 0 Å². The normalized spacial score (nSPS) is 12.4. The molecule has 0 atom stereocenters. The Kier molecular flexibility index (Phi) is 5.32. The van der Waals surface area contributed by atoms with E-state index in [2.05, 4.69) is 5.32 Å². The van der Waals surface area contributed by atoms with Crippen LogP contribution in [0.5, 0.6) is 11.5 Å². The van der Waals surface area contributed by atoms with Gasteiger partial charge in [0.25, 0.3) is 0 Å². The van der Waals surface area contributed by atoms with E-state index in [1.54, 1.807) is 30.3 Å². The van der Waals surface area contributed by atoms with Crippen LogP contribution in [0.25, 0.3) is 0 Å². The van der Waals surface area contributed by atoms with Crippen molar-refractivity contribution in [3.63, 3.8) is 0 Å². The number of halogens is 1. The first-order chi connectivity index (χ1) is 12.4. The van der Waals surface area contributed by atoms with Crippen LogP contribution in [0, 0.1) is 6.92 Å². The summed E-state index contributed by atoms with van der Waals surface area (Å²) < 4.78 is 11.0. The first-order valence-corrected chi connectivity index (χ1v) is 8.55. The molecule has 0 bridgehead atoms. The second-order valence-electron chi connectivity index (χ2n) is 5.94. The van der Waals surface area contributed by atoms with Crippen LogP contribution in [0.3, 0.4) is 0 Å². The van der Waals surface area contributed by atoms with Crippen molar-refractivity contribution in [1.82, 2.24) is 0 Å². The van der Waals surface area contributed by atoms with E-state index in [4.69, 9.17) is 21.1 Å². The summed E-state index contributed by atoms with van der Waals surface area (Å²) in [6.45, 7) is 4.13. The van der Waals surface area contributed by atoms with Crippen molar-refractivity contribution in [3.8, 4) is 11.5 Å². The second-order valence-corrected chi connectivity index (χ2v) is 6.38. The Hall–Kier alpha value is -2.73. The largest absolute Gasteiger partial charge is 0.486 e. The number of fused-ring (bicyclic) bond motifs is 1. The summed E-state index contributed by atoms with van der Waals surface area (Å²) in [7, 11) is 0. The van der Waals surface area contributed by atoms with Gasteiger partial charge in [-0.1, -0.05) is 17.7 Å². The molecule has 0 saturated carbocycles. The van der Waals surface area contributed by atoms with Crippen molar-refractivity contribution in [2.75, 3.05) is 30.0 Å². The highest BCUT2D eigenvalue weighted by molar-refractivity contribution is 6.31. The third-order valence-corrected chi connectivity index (χ3v) is 4.20. The second kappa shape index (κ2) is 7.66. The van der Waals surface area contributed by atoms with Gasteiger partial charge in [0.05, 0.1) is 0 Å². The van der Waals surface area contributed by atoms with Crippen LogP contribution in [0.1, 0.15) is 12.5 Å². The van der Waals surface area contributed by atoms with Gasteiger partial charge in [-0.15, -0.1) is 0 Å². The van der Waals surface area contributed by atoms with Crippen LogP contribution in [-0.2, 0) is 9.59 Å². The molecule has 136 valence electrons. The Bertz CT molecular complexity index is 853. The number of carbonyl (C=O) groups excluding carboxylic acids is 2. The molecule has 3 rings (SSSR count). The van der Waals surface area contributed by atoms with Crippen molar-refractivity contribution >= 4 is 34.8 Å². The first-order valence-electron chi connectivity index (χ1n) is 8.18. The van der Waals surface area contributed by atoms with E-state index in [9.17, 15) is 9.59 Å². The average Bonchev–Trinajstić information content (AvgIpc) is 2.61. The van der Waals surface area contributed by atoms with E-state index in [1.165, 1.54) is 11.8 Å².